The molecule has 1 aliphatic rings. The lowest BCUT2D eigenvalue weighted by molar-refractivity contribution is -0.924. The lowest BCUT2D eigenvalue weighted by atomic mass is 9.92. The van der Waals surface area contributed by atoms with E-state index in [0.717, 1.165) is 24.5 Å². The Hall–Kier alpha value is -1.75. The quantitative estimate of drug-likeness (QED) is 0.874. The highest BCUT2D eigenvalue weighted by Gasteiger charge is 2.31. The van der Waals surface area contributed by atoms with Gasteiger partial charge in [-0.25, -0.2) is 0 Å². The molecule has 2 atom stereocenters. The maximum absolute atomic E-state index is 12.2. The van der Waals surface area contributed by atoms with Crippen LogP contribution in [0.1, 0.15) is 44.9 Å². The molecule has 0 saturated heterocycles. The molecule has 23 heavy (non-hydrogen) atoms. The van der Waals surface area contributed by atoms with Gasteiger partial charge in [0, 0.05) is 17.5 Å². The van der Waals surface area contributed by atoms with E-state index in [1.807, 2.05) is 20.8 Å². The van der Waals surface area contributed by atoms with Crippen LogP contribution in [0.25, 0.3) is 0 Å². The van der Waals surface area contributed by atoms with Crippen molar-refractivity contribution in [2.24, 2.45) is 0 Å². The number of ether oxygens (including phenoxy) is 2. The fourth-order valence-electron chi connectivity index (χ4n) is 3.20. The van der Waals surface area contributed by atoms with E-state index in [4.69, 9.17) is 9.47 Å². The molecule has 1 aliphatic heterocycles. The summed E-state index contributed by atoms with van der Waals surface area (Å²) in [5.41, 5.74) is 2.34. The predicted octanol–water partition coefficient (Wildman–Crippen LogP) is 1.12. The molecule has 0 bridgehead atoms. The number of carbonyl (C=O) groups is 1. The SMILES string of the molecule is COc1cc2c(cc1OC)[C@H](C)[NH+](CC(=O)NC(C)(C)C)CC2. The summed E-state index contributed by atoms with van der Waals surface area (Å²) in [6, 6.07) is 4.38. The monoisotopic (exact) mass is 321 g/mol. The summed E-state index contributed by atoms with van der Waals surface area (Å²) in [6.07, 6.45) is 0.943. The zero-order chi connectivity index (χ0) is 17.2. The van der Waals surface area contributed by atoms with Crippen LogP contribution in [0.15, 0.2) is 12.1 Å². The van der Waals surface area contributed by atoms with Crippen LogP contribution in [0, 0.1) is 0 Å². The molecule has 1 heterocycles. The molecule has 2 N–H and O–H groups in total. The third kappa shape index (κ3) is 4.16. The molecule has 1 aromatic rings. The Morgan fingerprint density at radius 1 is 1.26 bits per heavy atom. The van der Waals surface area contributed by atoms with Crippen LogP contribution in [-0.4, -0.2) is 38.8 Å². The summed E-state index contributed by atoms with van der Waals surface area (Å²) in [6.45, 7) is 9.63. The molecule has 0 fully saturated rings. The molecule has 5 nitrogen and oxygen atoms in total. The highest BCUT2D eigenvalue weighted by Crippen LogP contribution is 2.33. The molecule has 2 rings (SSSR count). The van der Waals surface area contributed by atoms with Gasteiger partial charge in [-0.05, 0) is 45.4 Å². The lowest BCUT2D eigenvalue weighted by Gasteiger charge is -2.33. The summed E-state index contributed by atoms with van der Waals surface area (Å²) in [7, 11) is 3.31. The third-order valence-electron chi connectivity index (χ3n) is 4.34. The van der Waals surface area contributed by atoms with Crippen molar-refractivity contribution >= 4 is 5.91 Å². The van der Waals surface area contributed by atoms with Crippen LogP contribution >= 0.6 is 0 Å². The third-order valence-corrected chi connectivity index (χ3v) is 4.34. The Morgan fingerprint density at radius 2 is 1.87 bits per heavy atom. The van der Waals surface area contributed by atoms with Crippen LogP contribution in [0.5, 0.6) is 11.5 Å². The lowest BCUT2D eigenvalue weighted by Crippen LogP contribution is -3.14. The summed E-state index contributed by atoms with van der Waals surface area (Å²) < 4.78 is 10.8. The van der Waals surface area contributed by atoms with Crippen molar-refractivity contribution in [3.8, 4) is 11.5 Å². The number of hydrogen-bond donors (Lipinski definition) is 2. The van der Waals surface area contributed by atoms with E-state index in [1.54, 1.807) is 14.2 Å². The van der Waals surface area contributed by atoms with E-state index in [0.29, 0.717) is 6.54 Å². The maximum Gasteiger partial charge on any atom is 0.275 e. The smallest absolute Gasteiger partial charge is 0.275 e. The van der Waals surface area contributed by atoms with Crippen LogP contribution in [-0.2, 0) is 11.2 Å². The minimum absolute atomic E-state index is 0.100. The molecule has 1 amide bonds. The molecule has 128 valence electrons. The van der Waals surface area contributed by atoms with Gasteiger partial charge in [0.25, 0.3) is 5.91 Å². The second-order valence-electron chi connectivity index (χ2n) is 7.26. The van der Waals surface area contributed by atoms with Gasteiger partial charge in [0.2, 0.25) is 0 Å². The Kier molecular flexibility index (Phi) is 5.19. The fraction of sp³-hybridized carbons (Fsp3) is 0.611. The van der Waals surface area contributed by atoms with E-state index >= 15 is 0 Å². The van der Waals surface area contributed by atoms with Crippen molar-refractivity contribution in [3.63, 3.8) is 0 Å². The maximum atomic E-state index is 12.2. The van der Waals surface area contributed by atoms with Gasteiger partial charge in [-0.1, -0.05) is 0 Å². The number of benzene rings is 1. The number of amides is 1. The van der Waals surface area contributed by atoms with Gasteiger partial charge in [-0.3, -0.25) is 4.79 Å². The standard InChI is InChI=1S/C18H28N2O3/c1-12-14-10-16(23-6)15(22-5)9-13(14)7-8-20(12)11-17(21)19-18(2,3)4/h9-10,12H,7-8,11H2,1-6H3,(H,19,21)/p+1/t12-/m0/s1. The molecule has 1 aromatic carbocycles. The van der Waals surface area contributed by atoms with E-state index in [2.05, 4.69) is 24.4 Å². The highest BCUT2D eigenvalue weighted by molar-refractivity contribution is 5.77. The summed E-state index contributed by atoms with van der Waals surface area (Å²) in [5.74, 6) is 1.62. The minimum atomic E-state index is -0.190. The van der Waals surface area contributed by atoms with Crippen molar-refractivity contribution in [3.05, 3.63) is 23.3 Å². The van der Waals surface area contributed by atoms with Gasteiger partial charge in [-0.2, -0.15) is 0 Å². The average Bonchev–Trinajstić information content (AvgIpc) is 2.47. The number of hydrogen-bond acceptors (Lipinski definition) is 3. The van der Waals surface area contributed by atoms with Crippen molar-refractivity contribution in [2.45, 2.75) is 45.7 Å². The molecular formula is C18H29N2O3+. The van der Waals surface area contributed by atoms with Gasteiger partial charge in [0.1, 0.15) is 6.04 Å². The number of methoxy groups -OCH3 is 2. The average molecular weight is 321 g/mol. The van der Waals surface area contributed by atoms with Crippen LogP contribution < -0.4 is 19.7 Å². The first-order valence-electron chi connectivity index (χ1n) is 8.15. The van der Waals surface area contributed by atoms with Gasteiger partial charge >= 0.3 is 0 Å². The Labute approximate surface area is 139 Å². The first-order valence-corrected chi connectivity index (χ1v) is 8.15. The molecule has 5 heteroatoms. The first kappa shape index (κ1) is 17.6. The van der Waals surface area contributed by atoms with Crippen LogP contribution in [0.4, 0.5) is 0 Å². The summed E-state index contributed by atoms with van der Waals surface area (Å²) in [4.78, 5) is 13.5. The largest absolute Gasteiger partial charge is 0.493 e. The van der Waals surface area contributed by atoms with E-state index in [-0.39, 0.29) is 17.5 Å². The Balaban J connectivity index is 2.17. The summed E-state index contributed by atoms with van der Waals surface area (Å²) in [5, 5.41) is 3.05. The predicted molar refractivity (Wildman–Crippen MR) is 90.3 cm³/mol. The molecule has 0 aliphatic carbocycles. The second-order valence-corrected chi connectivity index (χ2v) is 7.26. The summed E-state index contributed by atoms with van der Waals surface area (Å²) >= 11 is 0. The van der Waals surface area contributed by atoms with Crippen molar-refractivity contribution in [2.75, 3.05) is 27.3 Å². The molecule has 0 aromatic heterocycles. The minimum Gasteiger partial charge on any atom is -0.493 e. The molecule has 0 spiro atoms. The number of carbonyl (C=O) groups excluding carboxylic acids is 1. The van der Waals surface area contributed by atoms with Gasteiger partial charge < -0.3 is 19.7 Å². The van der Waals surface area contributed by atoms with Gasteiger partial charge in [0.15, 0.2) is 18.0 Å². The number of nitrogens with one attached hydrogen (secondary N) is 2. The second kappa shape index (κ2) is 6.79. The van der Waals surface area contributed by atoms with E-state index in [9.17, 15) is 4.79 Å². The van der Waals surface area contributed by atoms with E-state index < -0.39 is 0 Å². The highest BCUT2D eigenvalue weighted by atomic mass is 16.5. The number of quaternary nitrogens is 1. The molecule has 0 saturated carbocycles. The first-order chi connectivity index (χ1) is 10.7. The zero-order valence-electron chi connectivity index (χ0n) is 15.1. The van der Waals surface area contributed by atoms with Crippen molar-refractivity contribution < 1.29 is 19.2 Å². The number of fused-ring (bicyclic) bond motifs is 1. The molecule has 1 unspecified atom stereocenters. The number of rotatable bonds is 4. The Morgan fingerprint density at radius 3 is 2.43 bits per heavy atom. The van der Waals surface area contributed by atoms with Gasteiger partial charge in [0.05, 0.1) is 20.8 Å². The van der Waals surface area contributed by atoms with E-state index in [1.165, 1.54) is 16.0 Å². The van der Waals surface area contributed by atoms with Gasteiger partial charge in [-0.15, -0.1) is 0 Å². The zero-order valence-corrected chi connectivity index (χ0v) is 15.1. The van der Waals surface area contributed by atoms with Crippen molar-refractivity contribution in [1.82, 2.24) is 5.32 Å². The van der Waals surface area contributed by atoms with Crippen LogP contribution in [0.3, 0.4) is 0 Å². The Bertz CT molecular complexity index is 578. The fourth-order valence-corrected chi connectivity index (χ4v) is 3.20. The normalized spacial score (nSPS) is 20.6. The van der Waals surface area contributed by atoms with Crippen LogP contribution in [0.2, 0.25) is 0 Å². The molecule has 0 radical (unpaired) electrons. The topological polar surface area (TPSA) is 52.0 Å². The molecular weight excluding hydrogens is 292 g/mol. The van der Waals surface area contributed by atoms with Crippen molar-refractivity contribution in [1.29, 1.82) is 0 Å².